The van der Waals surface area contributed by atoms with E-state index in [0.29, 0.717) is 5.75 Å². The molecule has 1 aliphatic heterocycles. The predicted molar refractivity (Wildman–Crippen MR) is 86.7 cm³/mol. The molecule has 1 fully saturated rings. The number of nitrogens with zero attached hydrogens (tertiary/aromatic N) is 1. The smallest absolute Gasteiger partial charge is 0.230 e. The van der Waals surface area contributed by atoms with Gasteiger partial charge < -0.3 is 15.8 Å². The van der Waals surface area contributed by atoms with Gasteiger partial charge in [0.15, 0.2) is 4.34 Å². The topological polar surface area (TPSA) is 77.2 Å². The summed E-state index contributed by atoms with van der Waals surface area (Å²) in [5.74, 6) is 0.456. The summed E-state index contributed by atoms with van der Waals surface area (Å²) in [5.41, 5.74) is 7.43. The van der Waals surface area contributed by atoms with Crippen LogP contribution in [0.3, 0.4) is 0 Å². The van der Waals surface area contributed by atoms with Gasteiger partial charge in [0, 0.05) is 24.9 Å². The van der Waals surface area contributed by atoms with Crippen molar-refractivity contribution in [1.82, 2.24) is 10.3 Å². The van der Waals surface area contributed by atoms with Crippen LogP contribution in [-0.4, -0.2) is 35.9 Å². The first kappa shape index (κ1) is 14.6. The molecule has 0 saturated carbocycles. The van der Waals surface area contributed by atoms with Crippen molar-refractivity contribution >= 4 is 44.9 Å². The van der Waals surface area contributed by atoms with Crippen molar-refractivity contribution in [2.24, 2.45) is 0 Å². The number of carbonyl (C=O) groups excluding carboxylic acids is 1. The van der Waals surface area contributed by atoms with Gasteiger partial charge in [-0.2, -0.15) is 0 Å². The number of hydrogen-bond acceptors (Lipinski definition) is 6. The molecule has 0 radical (unpaired) electrons. The number of amides is 1. The molecule has 0 spiro atoms. The summed E-state index contributed by atoms with van der Waals surface area (Å²) in [5, 5.41) is 3.05. The molecule has 21 heavy (non-hydrogen) atoms. The lowest BCUT2D eigenvalue weighted by Gasteiger charge is -2.22. The first-order valence-corrected chi connectivity index (χ1v) is 8.67. The van der Waals surface area contributed by atoms with Crippen LogP contribution in [0, 0.1) is 0 Å². The number of thiazole rings is 1. The van der Waals surface area contributed by atoms with Gasteiger partial charge in [-0.05, 0) is 31.0 Å². The molecule has 1 aromatic carbocycles. The summed E-state index contributed by atoms with van der Waals surface area (Å²) in [4.78, 5) is 16.4. The molecule has 7 heteroatoms. The number of nitrogens with two attached hydrogens (primary N) is 1. The van der Waals surface area contributed by atoms with Gasteiger partial charge >= 0.3 is 0 Å². The van der Waals surface area contributed by atoms with Gasteiger partial charge in [-0.15, -0.1) is 11.3 Å². The van der Waals surface area contributed by atoms with Crippen LogP contribution in [0.5, 0.6) is 0 Å². The third-order valence-electron chi connectivity index (χ3n) is 3.31. The van der Waals surface area contributed by atoms with Gasteiger partial charge in [-0.1, -0.05) is 11.8 Å². The molecule has 0 unspecified atom stereocenters. The van der Waals surface area contributed by atoms with Gasteiger partial charge in [-0.3, -0.25) is 4.79 Å². The Morgan fingerprint density at radius 3 is 3.10 bits per heavy atom. The van der Waals surface area contributed by atoms with Crippen molar-refractivity contribution in [3.63, 3.8) is 0 Å². The third kappa shape index (κ3) is 3.87. The van der Waals surface area contributed by atoms with Crippen molar-refractivity contribution in [2.75, 3.05) is 24.7 Å². The summed E-state index contributed by atoms with van der Waals surface area (Å²) >= 11 is 3.04. The number of benzene rings is 1. The van der Waals surface area contributed by atoms with E-state index >= 15 is 0 Å². The fourth-order valence-electron chi connectivity index (χ4n) is 2.22. The SMILES string of the molecule is Nc1ccc2nc(SCC(=O)NC3CCOCC3)sc2c1. The Morgan fingerprint density at radius 2 is 2.29 bits per heavy atom. The molecule has 2 aromatic rings. The highest BCUT2D eigenvalue weighted by Crippen LogP contribution is 2.30. The zero-order chi connectivity index (χ0) is 14.7. The van der Waals surface area contributed by atoms with Crippen molar-refractivity contribution < 1.29 is 9.53 Å². The summed E-state index contributed by atoms with van der Waals surface area (Å²) in [7, 11) is 0. The maximum absolute atomic E-state index is 11.9. The zero-order valence-corrected chi connectivity index (χ0v) is 13.1. The van der Waals surface area contributed by atoms with Crippen molar-refractivity contribution in [3.05, 3.63) is 18.2 Å². The van der Waals surface area contributed by atoms with E-state index in [0.717, 1.165) is 46.3 Å². The average molecular weight is 323 g/mol. The van der Waals surface area contributed by atoms with Gasteiger partial charge in [0.25, 0.3) is 0 Å². The van der Waals surface area contributed by atoms with Gasteiger partial charge in [-0.25, -0.2) is 4.98 Å². The molecule has 5 nitrogen and oxygen atoms in total. The number of anilines is 1. The Labute approximate surface area is 131 Å². The first-order chi connectivity index (χ1) is 10.2. The Balaban J connectivity index is 1.54. The molecule has 1 aromatic heterocycles. The standard InChI is InChI=1S/C14H17N3O2S2/c15-9-1-2-11-12(7-9)21-14(17-11)20-8-13(18)16-10-3-5-19-6-4-10/h1-2,7,10H,3-6,8,15H2,(H,16,18). The molecule has 0 bridgehead atoms. The minimum absolute atomic E-state index is 0.0608. The predicted octanol–water partition coefficient (Wildman–Crippen LogP) is 2.27. The molecule has 0 aliphatic carbocycles. The Bertz CT molecular complexity index is 638. The quantitative estimate of drug-likeness (QED) is 0.667. The zero-order valence-electron chi connectivity index (χ0n) is 11.5. The monoisotopic (exact) mass is 323 g/mol. The molecule has 0 atom stereocenters. The lowest BCUT2D eigenvalue weighted by molar-refractivity contribution is -0.119. The van der Waals surface area contributed by atoms with E-state index in [1.807, 2.05) is 18.2 Å². The summed E-state index contributed by atoms with van der Waals surface area (Å²) < 4.78 is 7.24. The lowest BCUT2D eigenvalue weighted by Crippen LogP contribution is -2.39. The van der Waals surface area contributed by atoms with E-state index in [1.165, 1.54) is 11.8 Å². The third-order valence-corrected chi connectivity index (χ3v) is 5.47. The molecule has 112 valence electrons. The van der Waals surface area contributed by atoms with Crippen LogP contribution in [0.25, 0.3) is 10.2 Å². The fraction of sp³-hybridized carbons (Fsp3) is 0.429. The molecule has 2 heterocycles. The van der Waals surface area contributed by atoms with Crippen LogP contribution in [0.1, 0.15) is 12.8 Å². The number of aromatic nitrogens is 1. The molecular formula is C14H17N3O2S2. The average Bonchev–Trinajstić information content (AvgIpc) is 2.88. The number of thioether (sulfide) groups is 1. The van der Waals surface area contributed by atoms with Gasteiger partial charge in [0.05, 0.1) is 16.0 Å². The number of nitrogen functional groups attached to an aromatic ring is 1. The molecule has 1 aliphatic rings. The molecule has 1 saturated heterocycles. The summed E-state index contributed by atoms with van der Waals surface area (Å²) in [6.07, 6.45) is 1.80. The van der Waals surface area contributed by atoms with E-state index < -0.39 is 0 Å². The van der Waals surface area contributed by atoms with Crippen LogP contribution in [0.2, 0.25) is 0 Å². The molecule has 1 amide bonds. The first-order valence-electron chi connectivity index (χ1n) is 6.87. The van der Waals surface area contributed by atoms with Crippen molar-refractivity contribution in [1.29, 1.82) is 0 Å². The second-order valence-electron chi connectivity index (χ2n) is 4.95. The molecule has 3 rings (SSSR count). The Kier molecular flexibility index (Phi) is 4.62. The summed E-state index contributed by atoms with van der Waals surface area (Å²) in [6.45, 7) is 1.47. The number of carbonyl (C=O) groups is 1. The normalized spacial score (nSPS) is 16.2. The van der Waals surface area contributed by atoms with Crippen molar-refractivity contribution in [2.45, 2.75) is 23.2 Å². The molecular weight excluding hydrogens is 306 g/mol. The van der Waals surface area contributed by atoms with E-state index in [2.05, 4.69) is 10.3 Å². The Morgan fingerprint density at radius 1 is 1.48 bits per heavy atom. The highest BCUT2D eigenvalue weighted by atomic mass is 32.2. The van der Waals surface area contributed by atoms with Crippen LogP contribution in [0.4, 0.5) is 5.69 Å². The second kappa shape index (κ2) is 6.64. The second-order valence-corrected chi connectivity index (χ2v) is 7.20. The van der Waals surface area contributed by atoms with Crippen LogP contribution in [0.15, 0.2) is 22.5 Å². The number of nitrogens with one attached hydrogen (secondary N) is 1. The van der Waals surface area contributed by atoms with Gasteiger partial charge in [0.2, 0.25) is 5.91 Å². The minimum Gasteiger partial charge on any atom is -0.399 e. The Hall–Kier alpha value is -1.31. The van der Waals surface area contributed by atoms with Crippen LogP contribution < -0.4 is 11.1 Å². The van der Waals surface area contributed by atoms with Crippen LogP contribution in [-0.2, 0) is 9.53 Å². The molecule has 3 N–H and O–H groups in total. The number of fused-ring (bicyclic) bond motifs is 1. The minimum atomic E-state index is 0.0608. The fourth-order valence-corrected chi connectivity index (χ4v) is 4.15. The van der Waals surface area contributed by atoms with Crippen LogP contribution >= 0.6 is 23.1 Å². The maximum Gasteiger partial charge on any atom is 0.230 e. The maximum atomic E-state index is 11.9. The summed E-state index contributed by atoms with van der Waals surface area (Å²) in [6, 6.07) is 5.92. The van der Waals surface area contributed by atoms with E-state index in [-0.39, 0.29) is 11.9 Å². The van der Waals surface area contributed by atoms with Crippen molar-refractivity contribution in [3.8, 4) is 0 Å². The highest BCUT2D eigenvalue weighted by molar-refractivity contribution is 8.01. The van der Waals surface area contributed by atoms with E-state index in [9.17, 15) is 4.79 Å². The van der Waals surface area contributed by atoms with E-state index in [1.54, 1.807) is 11.3 Å². The number of rotatable bonds is 4. The largest absolute Gasteiger partial charge is 0.399 e. The number of ether oxygens (including phenoxy) is 1. The highest BCUT2D eigenvalue weighted by Gasteiger charge is 2.16. The lowest BCUT2D eigenvalue weighted by atomic mass is 10.1. The van der Waals surface area contributed by atoms with Gasteiger partial charge in [0.1, 0.15) is 0 Å². The number of hydrogen-bond donors (Lipinski definition) is 2. The van der Waals surface area contributed by atoms with E-state index in [4.69, 9.17) is 10.5 Å².